The van der Waals surface area contributed by atoms with Crippen LogP contribution in [0.15, 0.2) is 12.1 Å². The third-order valence-electron chi connectivity index (χ3n) is 2.72. The Morgan fingerprint density at radius 3 is 2.52 bits per heavy atom. The molecule has 1 aromatic rings. The smallest absolute Gasteiger partial charge is 0.305 e. The van der Waals surface area contributed by atoms with Crippen molar-refractivity contribution in [2.75, 3.05) is 6.54 Å². The van der Waals surface area contributed by atoms with E-state index in [-0.39, 0.29) is 18.5 Å². The van der Waals surface area contributed by atoms with E-state index in [9.17, 15) is 28.8 Å². The molecule has 1 unspecified atom stereocenters. The fourth-order valence-corrected chi connectivity index (χ4v) is 1.78. The van der Waals surface area contributed by atoms with Crippen LogP contribution in [0.2, 0.25) is 0 Å². The van der Waals surface area contributed by atoms with Gasteiger partial charge in [0, 0.05) is 18.7 Å². The van der Waals surface area contributed by atoms with E-state index in [1.165, 1.54) is 0 Å². The van der Waals surface area contributed by atoms with Gasteiger partial charge in [0.2, 0.25) is 5.82 Å². The molecular weight excluding hydrogens is 286 g/mol. The third kappa shape index (κ3) is 4.75. The number of nitrogens with one attached hydrogen (secondary N) is 1. The van der Waals surface area contributed by atoms with Crippen LogP contribution >= 0.6 is 0 Å². The van der Waals surface area contributed by atoms with E-state index in [4.69, 9.17) is 0 Å². The van der Waals surface area contributed by atoms with Crippen LogP contribution in [0.3, 0.4) is 0 Å². The number of aliphatic hydroxyl groups is 1. The predicted octanol–water partition coefficient (Wildman–Crippen LogP) is 2.01. The van der Waals surface area contributed by atoms with E-state index < -0.39 is 39.8 Å². The molecule has 2 N–H and O–H groups in total. The van der Waals surface area contributed by atoms with Gasteiger partial charge in [-0.15, -0.1) is 0 Å². The molecule has 21 heavy (non-hydrogen) atoms. The topological polar surface area (TPSA) is 92.5 Å². The lowest BCUT2D eigenvalue weighted by molar-refractivity contribution is -0.387. The number of halogens is 2. The average Bonchev–Trinajstić information content (AvgIpc) is 2.34. The number of nitro benzene ring substituents is 1. The van der Waals surface area contributed by atoms with Gasteiger partial charge in [0.1, 0.15) is 5.82 Å². The molecule has 1 amide bonds. The van der Waals surface area contributed by atoms with Crippen LogP contribution in [-0.2, 0) is 0 Å². The third-order valence-corrected chi connectivity index (χ3v) is 2.72. The highest BCUT2D eigenvalue weighted by molar-refractivity contribution is 5.95. The van der Waals surface area contributed by atoms with Gasteiger partial charge in [0.05, 0.1) is 16.6 Å². The summed E-state index contributed by atoms with van der Waals surface area (Å²) in [4.78, 5) is 21.3. The van der Waals surface area contributed by atoms with Gasteiger partial charge in [-0.2, -0.15) is 4.39 Å². The summed E-state index contributed by atoms with van der Waals surface area (Å²) in [5.41, 5.74) is -1.62. The number of aliphatic hydroxyl groups excluding tert-OH is 1. The van der Waals surface area contributed by atoms with Crippen LogP contribution in [0.5, 0.6) is 0 Å². The van der Waals surface area contributed by atoms with Gasteiger partial charge >= 0.3 is 5.69 Å². The first-order valence-electron chi connectivity index (χ1n) is 6.32. The first-order valence-corrected chi connectivity index (χ1v) is 6.32. The lowest BCUT2D eigenvalue weighted by Crippen LogP contribution is -2.33. The Labute approximate surface area is 119 Å². The molecular formula is C13H16F2N2O4. The highest BCUT2D eigenvalue weighted by atomic mass is 19.1. The second kappa shape index (κ2) is 7.07. The molecule has 1 aromatic carbocycles. The van der Waals surface area contributed by atoms with Crippen molar-refractivity contribution in [1.29, 1.82) is 0 Å². The van der Waals surface area contributed by atoms with Crippen molar-refractivity contribution in [1.82, 2.24) is 5.32 Å². The molecule has 8 heteroatoms. The zero-order valence-electron chi connectivity index (χ0n) is 11.6. The minimum atomic E-state index is -1.35. The molecule has 0 bridgehead atoms. The van der Waals surface area contributed by atoms with E-state index in [1.54, 1.807) is 0 Å². The number of hydrogen-bond acceptors (Lipinski definition) is 4. The highest BCUT2D eigenvalue weighted by Gasteiger charge is 2.22. The molecule has 6 nitrogen and oxygen atoms in total. The number of nitro groups is 1. The van der Waals surface area contributed by atoms with Crippen LogP contribution in [0.1, 0.15) is 30.6 Å². The fourth-order valence-electron chi connectivity index (χ4n) is 1.78. The first kappa shape index (κ1) is 17.0. The number of amides is 1. The molecule has 0 saturated carbocycles. The van der Waals surface area contributed by atoms with Crippen LogP contribution in [0, 0.1) is 27.7 Å². The molecule has 1 rings (SSSR count). The van der Waals surface area contributed by atoms with Gasteiger partial charge < -0.3 is 10.4 Å². The van der Waals surface area contributed by atoms with Gasteiger partial charge in [-0.25, -0.2) is 4.39 Å². The van der Waals surface area contributed by atoms with E-state index in [0.717, 1.165) is 0 Å². The van der Waals surface area contributed by atoms with Crippen molar-refractivity contribution >= 4 is 11.6 Å². The summed E-state index contributed by atoms with van der Waals surface area (Å²) in [7, 11) is 0. The van der Waals surface area contributed by atoms with Crippen molar-refractivity contribution in [3.05, 3.63) is 39.4 Å². The van der Waals surface area contributed by atoms with Crippen LogP contribution < -0.4 is 5.32 Å². The Hall–Kier alpha value is -2.09. The van der Waals surface area contributed by atoms with Gasteiger partial charge in [-0.05, 0) is 12.3 Å². The Bertz CT molecular complexity index is 549. The summed E-state index contributed by atoms with van der Waals surface area (Å²) in [6.07, 6.45) is -0.376. The van der Waals surface area contributed by atoms with E-state index in [0.29, 0.717) is 12.5 Å². The molecule has 0 aliphatic rings. The van der Waals surface area contributed by atoms with Gasteiger partial charge in [-0.1, -0.05) is 13.8 Å². The summed E-state index contributed by atoms with van der Waals surface area (Å²) in [6, 6.07) is 0.826. The lowest BCUT2D eigenvalue weighted by atomic mass is 10.1. The molecule has 0 aliphatic carbocycles. The maximum absolute atomic E-state index is 13.5. The summed E-state index contributed by atoms with van der Waals surface area (Å²) in [5, 5.41) is 22.4. The highest BCUT2D eigenvalue weighted by Crippen LogP contribution is 2.21. The summed E-state index contributed by atoms with van der Waals surface area (Å²) >= 11 is 0. The lowest BCUT2D eigenvalue weighted by Gasteiger charge is -2.14. The number of carbonyl (C=O) groups excluding carboxylic acids is 1. The summed E-state index contributed by atoms with van der Waals surface area (Å²) in [5.74, 6) is -3.29. The van der Waals surface area contributed by atoms with Gasteiger partial charge in [0.25, 0.3) is 5.91 Å². The minimum absolute atomic E-state index is 0.123. The molecule has 0 fully saturated rings. The number of hydrogen-bond donors (Lipinski definition) is 2. The summed E-state index contributed by atoms with van der Waals surface area (Å²) in [6.45, 7) is 3.64. The van der Waals surface area contributed by atoms with Gasteiger partial charge in [-0.3, -0.25) is 14.9 Å². The van der Waals surface area contributed by atoms with E-state index in [2.05, 4.69) is 5.32 Å². The number of carbonyl (C=O) groups is 1. The average molecular weight is 302 g/mol. The summed E-state index contributed by atoms with van der Waals surface area (Å²) < 4.78 is 26.6. The molecule has 0 aliphatic heterocycles. The quantitative estimate of drug-likeness (QED) is 0.621. The van der Waals surface area contributed by atoms with Gasteiger partial charge in [0.15, 0.2) is 0 Å². The Kier molecular flexibility index (Phi) is 5.71. The van der Waals surface area contributed by atoms with E-state index in [1.807, 2.05) is 13.8 Å². The zero-order chi connectivity index (χ0) is 16.2. The molecule has 0 aromatic heterocycles. The Balaban J connectivity index is 2.83. The van der Waals surface area contributed by atoms with Crippen LogP contribution in [-0.4, -0.2) is 28.6 Å². The molecule has 0 heterocycles. The Morgan fingerprint density at radius 2 is 2.00 bits per heavy atom. The second-order valence-electron chi connectivity index (χ2n) is 5.03. The van der Waals surface area contributed by atoms with E-state index >= 15 is 0 Å². The normalized spacial score (nSPS) is 12.3. The monoisotopic (exact) mass is 302 g/mol. The SMILES string of the molecule is CC(C)CC(O)CNC(=O)c1cc([N+](=O)[O-])c(F)cc1F. The zero-order valence-corrected chi connectivity index (χ0v) is 11.6. The first-order chi connectivity index (χ1) is 9.72. The largest absolute Gasteiger partial charge is 0.391 e. The van der Waals surface area contributed by atoms with Crippen molar-refractivity contribution in [2.45, 2.75) is 26.4 Å². The Morgan fingerprint density at radius 1 is 1.38 bits per heavy atom. The van der Waals surface area contributed by atoms with Crippen LogP contribution in [0.4, 0.5) is 14.5 Å². The second-order valence-corrected chi connectivity index (χ2v) is 5.03. The molecule has 1 atom stereocenters. The maximum Gasteiger partial charge on any atom is 0.305 e. The number of benzene rings is 1. The molecule has 116 valence electrons. The maximum atomic E-state index is 13.5. The van der Waals surface area contributed by atoms with Crippen molar-refractivity contribution in [2.24, 2.45) is 5.92 Å². The van der Waals surface area contributed by atoms with Crippen molar-refractivity contribution < 1.29 is 23.6 Å². The number of rotatable bonds is 6. The molecule has 0 radical (unpaired) electrons. The van der Waals surface area contributed by atoms with Crippen molar-refractivity contribution in [3.63, 3.8) is 0 Å². The molecule has 0 spiro atoms. The fraction of sp³-hybridized carbons (Fsp3) is 0.462. The number of nitrogens with zero attached hydrogens (tertiary/aromatic N) is 1. The standard InChI is InChI=1S/C13H16F2N2O4/c1-7(2)3-8(18)6-16-13(19)9-4-12(17(20)21)11(15)5-10(9)14/h4-5,7-8,18H,3,6H2,1-2H3,(H,16,19). The molecule has 0 saturated heterocycles. The van der Waals surface area contributed by atoms with Crippen LogP contribution in [0.25, 0.3) is 0 Å². The minimum Gasteiger partial charge on any atom is -0.391 e. The van der Waals surface area contributed by atoms with Crippen molar-refractivity contribution in [3.8, 4) is 0 Å². The predicted molar refractivity (Wildman–Crippen MR) is 70.8 cm³/mol.